The molecule has 1 rings (SSSR count). The van der Waals surface area contributed by atoms with Crippen LogP contribution in [-0.4, -0.2) is 24.3 Å². The van der Waals surface area contributed by atoms with E-state index in [0.717, 1.165) is 0 Å². The first-order valence-electron chi connectivity index (χ1n) is 5.27. The number of benzene rings is 1. The molecule has 0 aromatic heterocycles. The third-order valence-electron chi connectivity index (χ3n) is 2.18. The van der Waals surface area contributed by atoms with Crippen molar-refractivity contribution in [2.75, 3.05) is 6.54 Å². The van der Waals surface area contributed by atoms with Gasteiger partial charge in [-0.25, -0.2) is 0 Å². The van der Waals surface area contributed by atoms with E-state index in [9.17, 15) is 22.8 Å². The van der Waals surface area contributed by atoms with Crippen LogP contribution in [0.2, 0.25) is 0 Å². The van der Waals surface area contributed by atoms with Gasteiger partial charge in [0.1, 0.15) is 0 Å². The van der Waals surface area contributed by atoms with Gasteiger partial charge in [-0.3, -0.25) is 9.59 Å². The number of carbonyl (C=O) groups is 2. The molecule has 0 bridgehead atoms. The fraction of sp³-hybridized carbons (Fsp3) is 0.231. The minimum Gasteiger partial charge on any atom is -0.320 e. The number of nitrogens with two attached hydrogens (primary N) is 1. The van der Waals surface area contributed by atoms with E-state index >= 15 is 0 Å². The highest BCUT2D eigenvalue weighted by Gasteiger charge is 2.39. The normalized spacial score (nSPS) is 10.5. The Labute approximate surface area is 107 Å². The van der Waals surface area contributed by atoms with Gasteiger partial charge in [0.25, 0.3) is 0 Å². The molecule has 0 radical (unpaired) electrons. The second-order valence-corrected chi connectivity index (χ2v) is 3.60. The van der Waals surface area contributed by atoms with Crippen LogP contribution >= 0.6 is 0 Å². The monoisotopic (exact) mass is 269 g/mol. The molecular weight excluding hydrogens is 259 g/mol. The average molecular weight is 269 g/mol. The Kier molecular flexibility index (Phi) is 4.84. The van der Waals surface area contributed by atoms with Crippen LogP contribution in [0.1, 0.15) is 22.3 Å². The summed E-state index contributed by atoms with van der Waals surface area (Å²) in [4.78, 5) is 22.1. The lowest BCUT2D eigenvalue weighted by atomic mass is 10.0. The van der Waals surface area contributed by atoms with E-state index in [1.54, 1.807) is 0 Å². The largest absolute Gasteiger partial charge is 0.450 e. The van der Waals surface area contributed by atoms with Crippen LogP contribution in [0.5, 0.6) is 0 Å². The lowest BCUT2D eigenvalue weighted by Crippen LogP contribution is -2.25. The lowest BCUT2D eigenvalue weighted by Gasteiger charge is -2.04. The van der Waals surface area contributed by atoms with Crippen molar-refractivity contribution in [2.45, 2.75) is 12.6 Å². The van der Waals surface area contributed by atoms with E-state index in [1.807, 2.05) is 0 Å². The molecule has 0 aliphatic carbocycles. The Balaban J connectivity index is 2.76. The number of hydrogen-bond donors (Lipinski definition) is 1. The molecule has 0 saturated carbocycles. The van der Waals surface area contributed by atoms with Gasteiger partial charge in [-0.15, -0.1) is 0 Å². The highest BCUT2D eigenvalue weighted by molar-refractivity contribution is 6.09. The Morgan fingerprint density at radius 3 is 2.21 bits per heavy atom. The summed E-state index contributed by atoms with van der Waals surface area (Å²) in [5.74, 6) is 2.37. The molecule has 0 heterocycles. The number of carbonyl (C=O) groups excluding carboxylic acids is 2. The first-order valence-corrected chi connectivity index (χ1v) is 5.27. The van der Waals surface area contributed by atoms with Gasteiger partial charge in [0.05, 0.1) is 13.0 Å². The van der Waals surface area contributed by atoms with E-state index in [-0.39, 0.29) is 12.1 Å². The Morgan fingerprint density at radius 1 is 1.16 bits per heavy atom. The highest BCUT2D eigenvalue weighted by Crippen LogP contribution is 2.19. The topological polar surface area (TPSA) is 60.2 Å². The predicted octanol–water partition coefficient (Wildman–Crippen LogP) is 1.70. The molecule has 2 N–H and O–H groups in total. The fourth-order valence-corrected chi connectivity index (χ4v) is 1.24. The zero-order chi connectivity index (χ0) is 14.5. The van der Waals surface area contributed by atoms with Crippen molar-refractivity contribution in [3.63, 3.8) is 0 Å². The molecule has 100 valence electrons. The average Bonchev–Trinajstić information content (AvgIpc) is 2.35. The lowest BCUT2D eigenvalue weighted by molar-refractivity contribution is -0.170. The third-order valence-corrected chi connectivity index (χ3v) is 2.18. The van der Waals surface area contributed by atoms with Crippen molar-refractivity contribution in [1.29, 1.82) is 0 Å². The number of hydrogen-bond acceptors (Lipinski definition) is 3. The molecule has 1 aromatic carbocycles. The minimum absolute atomic E-state index is 0.0379. The van der Waals surface area contributed by atoms with Gasteiger partial charge >= 0.3 is 6.18 Å². The van der Waals surface area contributed by atoms with Crippen molar-refractivity contribution < 1.29 is 22.8 Å². The molecule has 6 heteroatoms. The Bertz CT molecular complexity index is 536. The second-order valence-electron chi connectivity index (χ2n) is 3.60. The van der Waals surface area contributed by atoms with Crippen molar-refractivity contribution >= 4 is 11.6 Å². The molecule has 1 aromatic rings. The van der Waals surface area contributed by atoms with E-state index < -0.39 is 24.2 Å². The van der Waals surface area contributed by atoms with Crippen LogP contribution in [0, 0.1) is 11.8 Å². The molecule has 0 aliphatic rings. The van der Waals surface area contributed by atoms with Crippen LogP contribution in [-0.2, 0) is 4.79 Å². The SMILES string of the molecule is NCC#Cc1ccc(C(=O)CC(=O)C(F)(F)F)cc1. The van der Waals surface area contributed by atoms with Crippen molar-refractivity contribution in [1.82, 2.24) is 0 Å². The molecule has 19 heavy (non-hydrogen) atoms. The summed E-state index contributed by atoms with van der Waals surface area (Å²) in [5, 5.41) is 0. The van der Waals surface area contributed by atoms with Gasteiger partial charge in [-0.05, 0) is 12.1 Å². The summed E-state index contributed by atoms with van der Waals surface area (Å²) in [6.07, 6.45) is -6.17. The van der Waals surface area contributed by atoms with Gasteiger partial charge in [-0.2, -0.15) is 13.2 Å². The van der Waals surface area contributed by atoms with Crippen LogP contribution < -0.4 is 5.73 Å². The maximum atomic E-state index is 12.0. The van der Waals surface area contributed by atoms with Crippen LogP contribution in [0.3, 0.4) is 0 Å². The number of alkyl halides is 3. The van der Waals surface area contributed by atoms with Gasteiger partial charge in [0, 0.05) is 11.1 Å². The number of ketones is 2. The summed E-state index contributed by atoms with van der Waals surface area (Å²) in [7, 11) is 0. The molecule has 0 amide bonds. The fourth-order valence-electron chi connectivity index (χ4n) is 1.24. The molecule has 0 saturated heterocycles. The first-order chi connectivity index (χ1) is 8.84. The van der Waals surface area contributed by atoms with Crippen molar-refractivity contribution in [2.24, 2.45) is 5.73 Å². The first kappa shape index (κ1) is 14.9. The molecule has 0 aliphatic heterocycles. The standard InChI is InChI=1S/C13H10F3NO2/c14-13(15,16)12(19)8-11(18)10-5-3-9(4-6-10)2-1-7-17/h3-6H,7-8,17H2. The number of Topliss-reactive ketones (excluding diaryl/α,β-unsaturated/α-hetero) is 2. The maximum Gasteiger partial charge on any atom is 0.450 e. The van der Waals surface area contributed by atoms with Crippen LogP contribution in [0.25, 0.3) is 0 Å². The molecule has 0 unspecified atom stereocenters. The van der Waals surface area contributed by atoms with Gasteiger partial charge in [0.15, 0.2) is 5.78 Å². The molecule has 0 spiro atoms. The van der Waals surface area contributed by atoms with E-state index in [2.05, 4.69) is 11.8 Å². The van der Waals surface area contributed by atoms with E-state index in [1.165, 1.54) is 24.3 Å². The van der Waals surface area contributed by atoms with E-state index in [0.29, 0.717) is 5.56 Å². The number of rotatable bonds is 3. The molecular formula is C13H10F3NO2. The van der Waals surface area contributed by atoms with Gasteiger partial charge in [0.2, 0.25) is 5.78 Å². The Morgan fingerprint density at radius 2 is 1.74 bits per heavy atom. The zero-order valence-electron chi connectivity index (χ0n) is 9.75. The van der Waals surface area contributed by atoms with Gasteiger partial charge in [-0.1, -0.05) is 24.0 Å². The molecule has 3 nitrogen and oxygen atoms in total. The summed E-state index contributed by atoms with van der Waals surface area (Å²) in [6, 6.07) is 5.61. The van der Waals surface area contributed by atoms with Crippen LogP contribution in [0.15, 0.2) is 24.3 Å². The Hall–Kier alpha value is -2.13. The molecule has 0 atom stereocenters. The second kappa shape index (κ2) is 6.16. The number of halogens is 3. The minimum atomic E-state index is -4.98. The molecule has 0 fully saturated rings. The summed E-state index contributed by atoms with van der Waals surface area (Å²) in [5.41, 5.74) is 5.80. The van der Waals surface area contributed by atoms with Crippen LogP contribution in [0.4, 0.5) is 13.2 Å². The highest BCUT2D eigenvalue weighted by atomic mass is 19.4. The van der Waals surface area contributed by atoms with Gasteiger partial charge < -0.3 is 5.73 Å². The summed E-state index contributed by atoms with van der Waals surface area (Å²) >= 11 is 0. The summed E-state index contributed by atoms with van der Waals surface area (Å²) < 4.78 is 36.0. The van der Waals surface area contributed by atoms with Crippen molar-refractivity contribution in [3.05, 3.63) is 35.4 Å². The smallest absolute Gasteiger partial charge is 0.320 e. The van der Waals surface area contributed by atoms with Crippen molar-refractivity contribution in [3.8, 4) is 11.8 Å². The predicted molar refractivity (Wildman–Crippen MR) is 62.4 cm³/mol. The third kappa shape index (κ3) is 4.56. The zero-order valence-corrected chi connectivity index (χ0v) is 9.75. The summed E-state index contributed by atoms with van der Waals surface area (Å²) in [6.45, 7) is 0.181. The quantitative estimate of drug-likeness (QED) is 0.516. The maximum absolute atomic E-state index is 12.0. The van der Waals surface area contributed by atoms with E-state index in [4.69, 9.17) is 5.73 Å².